The van der Waals surface area contributed by atoms with Crippen LogP contribution in [0.2, 0.25) is 0 Å². The third-order valence-corrected chi connectivity index (χ3v) is 12.3. The molecule has 518 valence electrons. The molecule has 6 fully saturated rings. The summed E-state index contributed by atoms with van der Waals surface area (Å²) in [5.74, 6) is 0. The summed E-state index contributed by atoms with van der Waals surface area (Å²) in [6, 6.07) is 0. The zero-order valence-corrected chi connectivity index (χ0v) is 43.1. The van der Waals surface area contributed by atoms with Crippen molar-refractivity contribution in [3.05, 3.63) is 12.7 Å². The number of hydrogen-bond acceptors (Lipinski definition) is 24. The Morgan fingerprint density at radius 1 is 0.398 bits per heavy atom. The molecule has 6 heterocycles. The number of aliphatic hydroxyl groups excluding tert-OH is 11. The van der Waals surface area contributed by atoms with Crippen LogP contribution in [-0.4, -0.2) is 297 Å². The zero-order valence-electron chi connectivity index (χ0n) is 43.1. The maximum absolute atomic E-state index is 12.7. The summed E-state index contributed by atoms with van der Waals surface area (Å²) in [4.78, 5) is 0. The van der Waals surface area contributed by atoms with Crippen LogP contribution in [0, 0.1) is 0 Å². The third kappa shape index (κ3) is 33.2. The summed E-state index contributed by atoms with van der Waals surface area (Å²) in [5.41, 5.74) is 5.27. The van der Waals surface area contributed by atoms with Gasteiger partial charge in [0.1, 0.15) is 97.7 Å². The maximum Gasteiger partial charge on any atom is 0.154 e. The molecule has 6 aliphatic heterocycles. The van der Waals surface area contributed by atoms with Crippen LogP contribution >= 0.6 is 0 Å². The van der Waals surface area contributed by atoms with Gasteiger partial charge in [-0.05, 0) is 41.5 Å². The molecular weight excluding hydrogens is 1100 g/mol. The van der Waals surface area contributed by atoms with Crippen molar-refractivity contribution >= 4 is 0 Å². The number of rotatable bonds is 18. The Morgan fingerprint density at radius 3 is 0.904 bits per heavy atom. The number of ether oxygens (including phenoxy) is 12. The van der Waals surface area contributed by atoms with Crippen LogP contribution in [0.4, 0.5) is 8.78 Å². The molecule has 24 atom stereocenters. The maximum atomic E-state index is 12.7. The van der Waals surface area contributed by atoms with E-state index in [1.165, 1.54) is 13.8 Å². The summed E-state index contributed by atoms with van der Waals surface area (Å²) in [5, 5.41) is 100. The lowest BCUT2D eigenvalue weighted by Crippen LogP contribution is -2.36. The van der Waals surface area contributed by atoms with E-state index in [0.29, 0.717) is 39.6 Å². The lowest BCUT2D eigenvalue weighted by molar-refractivity contribution is -0.0480. The van der Waals surface area contributed by atoms with Gasteiger partial charge in [-0.1, -0.05) is 87.8 Å². The Morgan fingerprint density at radius 2 is 0.675 bits per heavy atom. The van der Waals surface area contributed by atoms with Crippen LogP contribution in [0.15, 0.2) is 12.7 Å². The van der Waals surface area contributed by atoms with E-state index in [1.54, 1.807) is 34.3 Å². The van der Waals surface area contributed by atoms with Crippen LogP contribution < -0.4 is 5.73 Å². The molecule has 0 spiro atoms. The second-order valence-electron chi connectivity index (χ2n) is 17.7. The summed E-state index contributed by atoms with van der Waals surface area (Å²) in [7, 11) is 4.74. The van der Waals surface area contributed by atoms with Crippen molar-refractivity contribution < 1.29 is 122 Å². The summed E-state index contributed by atoms with van der Waals surface area (Å²) < 4.78 is 87.1. The van der Waals surface area contributed by atoms with Crippen LogP contribution in [0.1, 0.15) is 123 Å². The van der Waals surface area contributed by atoms with Gasteiger partial charge in [0, 0.05) is 27.9 Å². The highest BCUT2D eigenvalue weighted by Gasteiger charge is 2.45. The van der Waals surface area contributed by atoms with Crippen molar-refractivity contribution in [3.63, 3.8) is 0 Å². The first kappa shape index (κ1) is 106. The first-order valence-corrected chi connectivity index (χ1v) is 24.1. The van der Waals surface area contributed by atoms with Crippen molar-refractivity contribution in [1.29, 1.82) is 0 Å². The largest absolute Gasteiger partial charge is 0.394 e. The van der Waals surface area contributed by atoms with Gasteiger partial charge in [-0.2, -0.15) is 0 Å². The first-order valence-electron chi connectivity index (χ1n) is 24.1. The van der Waals surface area contributed by atoms with E-state index >= 15 is 0 Å². The Bertz CT molecular complexity index is 1360. The molecule has 0 saturated carbocycles. The van der Waals surface area contributed by atoms with Crippen molar-refractivity contribution in [2.75, 3.05) is 93.9 Å². The fourth-order valence-electron chi connectivity index (χ4n) is 8.26. The van der Waals surface area contributed by atoms with E-state index in [9.17, 15) is 29.2 Å². The molecule has 24 nitrogen and oxygen atoms in total. The Labute approximate surface area is 502 Å². The predicted molar refractivity (Wildman–Crippen MR) is 324 cm³/mol. The number of hydrogen-bond donors (Lipinski definition) is 12. The zero-order chi connectivity index (χ0) is 54.8. The van der Waals surface area contributed by atoms with Gasteiger partial charge in [-0.15, -0.1) is 6.58 Å². The van der Waals surface area contributed by atoms with Crippen molar-refractivity contribution in [2.24, 2.45) is 5.73 Å². The highest BCUT2D eigenvalue weighted by atomic mass is 19.1. The number of alkyl halides is 2. The van der Waals surface area contributed by atoms with Crippen LogP contribution in [0.5, 0.6) is 0 Å². The van der Waals surface area contributed by atoms with Gasteiger partial charge < -0.3 is 119 Å². The molecule has 6 aliphatic rings. The minimum atomic E-state index is -1.36. The quantitative estimate of drug-likeness (QED) is 0.0693. The first-order chi connectivity index (χ1) is 34.1. The molecule has 0 aromatic carbocycles. The normalized spacial score (nSPS) is 36.4. The molecule has 0 bridgehead atoms. The number of halogens is 2. The summed E-state index contributed by atoms with van der Waals surface area (Å²) in [6.07, 6.45) is -12.8. The predicted octanol–water partition coefficient (Wildman–Crippen LogP) is 3.05. The molecular formula is C57H133F2NO23. The van der Waals surface area contributed by atoms with Crippen LogP contribution in [0.25, 0.3) is 0 Å². The number of methoxy groups -OCH3 is 3. The Hall–Kier alpha value is -1.36. The lowest BCUT2D eigenvalue weighted by Gasteiger charge is -2.18. The van der Waals surface area contributed by atoms with Gasteiger partial charge in [-0.3, -0.25) is 0 Å². The minimum absolute atomic E-state index is 0. The molecule has 6 saturated heterocycles. The van der Waals surface area contributed by atoms with Crippen LogP contribution in [-0.2, 0) is 56.8 Å². The topological polar surface area (TPSA) is 359 Å². The molecule has 0 aromatic rings. The monoisotopic (exact) mass is 1240 g/mol. The van der Waals surface area contributed by atoms with E-state index < -0.39 is 91.7 Å². The molecule has 83 heavy (non-hydrogen) atoms. The standard InChI is InChI=1S/C9H18O5.C9H16O4.C8H17NO4.C8H16O4.2C6H11FO3.11CH4/c1-6-9(13-4-3-12-2)8(11)7(5-10)14-6;1-3-4-12-9-6(2)13-7(5-10)8(9)11;1-5-8(12-3-2-9)7(11)6(4-10)13-5;1-5-8(11-3)7(9)6(12-5)4-10-2;2*1-3-5(7)6(9)4(2-8)10-3;;;;;;;;;;;/h6-11H,3-5H2,1-2H3;3,6-11H,1,4-5H2,2H3;5-8,10-11H,2-4,9H2,1H3;5-9H,4H2,1-3H3;2*3-6,8-9H,2H2,1H3;11*1H4/t2*6-,7+,8-,9?;2*5-,6+,7-,8?;2*3-,4+,5?,6-;;;;;;;;;;;/m000000.........../s1. The minimum Gasteiger partial charge on any atom is -0.394 e. The third-order valence-electron chi connectivity index (χ3n) is 12.3. The SMILES string of the molecule is C.C.C.C.C.C.C.C.C.C.C.C=CCOC1[C@H](C)O[C@H](CO)[C@@H]1O.COCCOC1[C@H](C)O[C@H](CO)[C@@H]1O.COC[C@H]1O[C@@H](C)C(OC)[C@H]1O.C[C@@H]1O[C@H](CO)[C@H](O)C1F.C[C@@H]1O[C@H](CO)[C@H](O)C1F.C[C@@H]1O[C@H](CO)[C@H](O)C1OCCN. The second-order valence-corrected chi connectivity index (χ2v) is 17.7. The Balaban J connectivity index is -0.0000000814. The van der Waals surface area contributed by atoms with Crippen molar-refractivity contribution in [1.82, 2.24) is 0 Å². The molecule has 0 radical (unpaired) electrons. The number of nitrogens with two attached hydrogens (primary N) is 1. The van der Waals surface area contributed by atoms with E-state index in [1.807, 2.05) is 20.8 Å². The van der Waals surface area contributed by atoms with Gasteiger partial charge in [-0.25, -0.2) is 8.78 Å². The van der Waals surface area contributed by atoms with Gasteiger partial charge in [0.05, 0.1) is 103 Å². The Kier molecular flexibility index (Phi) is 73.2. The van der Waals surface area contributed by atoms with Gasteiger partial charge in [0.15, 0.2) is 12.3 Å². The average Bonchev–Trinajstić information content (AvgIpc) is 4.13. The average molecular weight is 1240 g/mol. The molecule has 13 N–H and O–H groups in total. The molecule has 0 amide bonds. The van der Waals surface area contributed by atoms with Crippen molar-refractivity contribution in [3.8, 4) is 0 Å². The van der Waals surface area contributed by atoms with Gasteiger partial charge in [0.25, 0.3) is 0 Å². The van der Waals surface area contributed by atoms with Gasteiger partial charge >= 0.3 is 0 Å². The van der Waals surface area contributed by atoms with Crippen molar-refractivity contribution in [2.45, 2.75) is 270 Å². The number of aliphatic hydroxyl groups is 11. The highest BCUT2D eigenvalue weighted by Crippen LogP contribution is 2.27. The fraction of sp³-hybridized carbons (Fsp3) is 0.965. The molecule has 6 rings (SSSR count). The van der Waals surface area contributed by atoms with E-state index in [-0.39, 0.29) is 170 Å². The smallest absolute Gasteiger partial charge is 0.154 e. The highest BCUT2D eigenvalue weighted by molar-refractivity contribution is 4.93. The lowest BCUT2D eigenvalue weighted by atomic mass is 10.1. The molecule has 26 heteroatoms. The molecule has 0 aromatic heterocycles. The van der Waals surface area contributed by atoms with E-state index in [4.69, 9.17) is 98.3 Å². The van der Waals surface area contributed by atoms with Gasteiger partial charge in [0.2, 0.25) is 0 Å². The summed E-state index contributed by atoms with van der Waals surface area (Å²) >= 11 is 0. The molecule has 6 unspecified atom stereocenters. The van der Waals surface area contributed by atoms with E-state index in [0.717, 1.165) is 0 Å². The second kappa shape index (κ2) is 57.1. The van der Waals surface area contributed by atoms with Crippen LogP contribution in [0.3, 0.4) is 0 Å². The molecule has 0 aliphatic carbocycles. The fourth-order valence-corrected chi connectivity index (χ4v) is 8.26. The van der Waals surface area contributed by atoms with E-state index in [2.05, 4.69) is 6.58 Å². The summed E-state index contributed by atoms with van der Waals surface area (Å²) in [6.45, 7) is 15.2.